The van der Waals surface area contributed by atoms with Gasteiger partial charge in [0.2, 0.25) is 6.79 Å². The normalized spacial score (nSPS) is 17.9. The fraction of sp³-hybridized carbons (Fsp3) is 0.455. The van der Waals surface area contributed by atoms with Crippen LogP contribution in [0.5, 0.6) is 11.5 Å². The van der Waals surface area contributed by atoms with Crippen LogP contribution in [0, 0.1) is 5.92 Å². The monoisotopic (exact) mass is 248 g/mol. The van der Waals surface area contributed by atoms with Crippen molar-refractivity contribution in [2.24, 2.45) is 5.92 Å². The molecule has 3 nitrogen and oxygen atoms in total. The third kappa shape index (κ3) is 2.31. The van der Waals surface area contributed by atoms with Gasteiger partial charge in [0.25, 0.3) is 0 Å². The van der Waals surface area contributed by atoms with E-state index in [2.05, 4.69) is 0 Å². The lowest BCUT2D eigenvalue weighted by molar-refractivity contribution is -0.195. The lowest BCUT2D eigenvalue weighted by Crippen LogP contribution is -2.26. The predicted molar refractivity (Wildman–Crippen MR) is 52.7 cm³/mol. The highest BCUT2D eigenvalue weighted by atomic mass is 19.4. The van der Waals surface area contributed by atoms with Gasteiger partial charge < -0.3 is 14.6 Å². The summed E-state index contributed by atoms with van der Waals surface area (Å²) in [5.41, 5.74) is 0.166. The molecule has 1 aliphatic rings. The SMILES string of the molecule is CC(C(O)c1ccc2c(c1)OCO2)C(F)(F)F. The highest BCUT2D eigenvalue weighted by molar-refractivity contribution is 5.45. The Labute approximate surface area is 95.8 Å². The van der Waals surface area contributed by atoms with Crippen LogP contribution in [0.4, 0.5) is 13.2 Å². The Hall–Kier alpha value is -1.43. The van der Waals surface area contributed by atoms with Crippen LogP contribution in [0.1, 0.15) is 18.6 Å². The maximum Gasteiger partial charge on any atom is 0.394 e. The van der Waals surface area contributed by atoms with Crippen LogP contribution < -0.4 is 9.47 Å². The number of benzene rings is 1. The molecule has 1 aromatic carbocycles. The maximum atomic E-state index is 12.4. The van der Waals surface area contributed by atoms with Crippen LogP contribution in [0.15, 0.2) is 18.2 Å². The number of hydrogen-bond donors (Lipinski definition) is 1. The van der Waals surface area contributed by atoms with E-state index < -0.39 is 18.2 Å². The topological polar surface area (TPSA) is 38.7 Å². The summed E-state index contributed by atoms with van der Waals surface area (Å²) in [4.78, 5) is 0. The van der Waals surface area contributed by atoms with E-state index in [1.807, 2.05) is 0 Å². The van der Waals surface area contributed by atoms with E-state index in [1.165, 1.54) is 18.2 Å². The van der Waals surface area contributed by atoms with Crippen molar-refractivity contribution in [3.8, 4) is 11.5 Å². The van der Waals surface area contributed by atoms with Crippen LogP contribution in [0.3, 0.4) is 0 Å². The van der Waals surface area contributed by atoms with Crippen LogP contribution in [-0.2, 0) is 0 Å². The maximum absolute atomic E-state index is 12.4. The average Bonchev–Trinajstić information content (AvgIpc) is 2.72. The molecule has 0 aromatic heterocycles. The van der Waals surface area contributed by atoms with Crippen LogP contribution >= 0.6 is 0 Å². The van der Waals surface area contributed by atoms with Crippen molar-refractivity contribution in [2.75, 3.05) is 6.79 Å². The summed E-state index contributed by atoms with van der Waals surface area (Å²) in [7, 11) is 0. The van der Waals surface area contributed by atoms with E-state index in [0.29, 0.717) is 11.5 Å². The molecule has 2 unspecified atom stereocenters. The number of halogens is 3. The highest BCUT2D eigenvalue weighted by Gasteiger charge is 2.41. The summed E-state index contributed by atoms with van der Waals surface area (Å²) in [6.45, 7) is 0.985. The van der Waals surface area contributed by atoms with Gasteiger partial charge in [-0.15, -0.1) is 0 Å². The Morgan fingerprint density at radius 1 is 1.24 bits per heavy atom. The molecule has 0 spiro atoms. The van der Waals surface area contributed by atoms with E-state index in [9.17, 15) is 18.3 Å². The Kier molecular flexibility index (Phi) is 2.91. The average molecular weight is 248 g/mol. The Balaban J connectivity index is 2.23. The molecule has 0 amide bonds. The number of aliphatic hydroxyl groups excluding tert-OH is 1. The van der Waals surface area contributed by atoms with Gasteiger partial charge in [-0.3, -0.25) is 0 Å². The van der Waals surface area contributed by atoms with Crippen molar-refractivity contribution in [1.29, 1.82) is 0 Å². The van der Waals surface area contributed by atoms with Gasteiger partial charge in [-0.25, -0.2) is 0 Å². The zero-order valence-electron chi connectivity index (χ0n) is 8.99. The zero-order chi connectivity index (χ0) is 12.6. The van der Waals surface area contributed by atoms with Gasteiger partial charge in [0, 0.05) is 0 Å². The standard InChI is InChI=1S/C11H11F3O3/c1-6(11(12,13)14)10(15)7-2-3-8-9(4-7)17-5-16-8/h2-4,6,10,15H,5H2,1H3. The number of fused-ring (bicyclic) bond motifs is 1. The van der Waals surface area contributed by atoms with Crippen molar-refractivity contribution >= 4 is 0 Å². The van der Waals surface area contributed by atoms with Crippen LogP contribution in [0.25, 0.3) is 0 Å². The predicted octanol–water partition coefficient (Wildman–Crippen LogP) is 2.65. The summed E-state index contributed by atoms with van der Waals surface area (Å²) in [6.07, 6.45) is -6.04. The number of aliphatic hydroxyl groups is 1. The molecule has 94 valence electrons. The fourth-order valence-corrected chi connectivity index (χ4v) is 1.56. The Bertz CT molecular complexity index is 417. The third-order valence-corrected chi connectivity index (χ3v) is 2.73. The Morgan fingerprint density at radius 3 is 2.53 bits per heavy atom. The third-order valence-electron chi connectivity index (χ3n) is 2.73. The smallest absolute Gasteiger partial charge is 0.394 e. The Morgan fingerprint density at radius 2 is 1.88 bits per heavy atom. The minimum absolute atomic E-state index is 0.0453. The second-order valence-corrected chi connectivity index (χ2v) is 3.89. The van der Waals surface area contributed by atoms with Gasteiger partial charge in [0.15, 0.2) is 11.5 Å². The minimum Gasteiger partial charge on any atom is -0.454 e. The molecule has 2 rings (SSSR count). The molecule has 1 N–H and O–H groups in total. The molecule has 17 heavy (non-hydrogen) atoms. The van der Waals surface area contributed by atoms with Gasteiger partial charge in [0.1, 0.15) is 0 Å². The summed E-state index contributed by atoms with van der Waals surface area (Å²) < 4.78 is 47.4. The van der Waals surface area contributed by atoms with Gasteiger partial charge >= 0.3 is 6.18 Å². The van der Waals surface area contributed by atoms with Crippen molar-refractivity contribution in [3.63, 3.8) is 0 Å². The molecule has 0 saturated heterocycles. The van der Waals surface area contributed by atoms with Gasteiger partial charge in [-0.2, -0.15) is 13.2 Å². The lowest BCUT2D eigenvalue weighted by Gasteiger charge is -2.21. The first kappa shape index (κ1) is 12.0. The van der Waals surface area contributed by atoms with Crippen molar-refractivity contribution < 1.29 is 27.8 Å². The number of rotatable bonds is 2. The van der Waals surface area contributed by atoms with E-state index in [4.69, 9.17) is 9.47 Å². The molecule has 1 aliphatic heterocycles. The molecule has 0 fully saturated rings. The van der Waals surface area contributed by atoms with Gasteiger partial charge in [-0.05, 0) is 17.7 Å². The minimum atomic E-state index is -4.43. The quantitative estimate of drug-likeness (QED) is 0.874. The first-order chi connectivity index (χ1) is 7.89. The lowest BCUT2D eigenvalue weighted by atomic mass is 9.96. The van der Waals surface area contributed by atoms with E-state index >= 15 is 0 Å². The first-order valence-electron chi connectivity index (χ1n) is 5.04. The first-order valence-corrected chi connectivity index (χ1v) is 5.04. The van der Waals surface area contributed by atoms with Crippen molar-refractivity contribution in [2.45, 2.75) is 19.2 Å². The second kappa shape index (κ2) is 4.10. The molecule has 1 heterocycles. The summed E-state index contributed by atoms with van der Waals surface area (Å²) in [6, 6.07) is 4.26. The van der Waals surface area contributed by atoms with E-state index in [1.54, 1.807) is 0 Å². The molecule has 0 bridgehead atoms. The fourth-order valence-electron chi connectivity index (χ4n) is 1.56. The molecule has 0 aliphatic carbocycles. The number of hydrogen-bond acceptors (Lipinski definition) is 3. The van der Waals surface area contributed by atoms with E-state index in [0.717, 1.165) is 6.92 Å². The van der Waals surface area contributed by atoms with Gasteiger partial charge in [0.05, 0.1) is 12.0 Å². The van der Waals surface area contributed by atoms with Crippen LogP contribution in [-0.4, -0.2) is 18.1 Å². The van der Waals surface area contributed by atoms with Gasteiger partial charge in [-0.1, -0.05) is 13.0 Å². The summed E-state index contributed by atoms with van der Waals surface area (Å²) in [5, 5.41) is 9.64. The molecule has 2 atom stereocenters. The molecule has 0 radical (unpaired) electrons. The molecule has 0 saturated carbocycles. The van der Waals surface area contributed by atoms with Crippen molar-refractivity contribution in [1.82, 2.24) is 0 Å². The molecule has 1 aromatic rings. The second-order valence-electron chi connectivity index (χ2n) is 3.89. The number of ether oxygens (including phenoxy) is 2. The number of alkyl halides is 3. The van der Waals surface area contributed by atoms with E-state index in [-0.39, 0.29) is 12.4 Å². The largest absolute Gasteiger partial charge is 0.454 e. The summed E-state index contributed by atoms with van der Waals surface area (Å²) >= 11 is 0. The highest BCUT2D eigenvalue weighted by Crippen LogP contribution is 2.39. The summed E-state index contributed by atoms with van der Waals surface area (Å²) in [5.74, 6) is -1.00. The molecular weight excluding hydrogens is 237 g/mol. The van der Waals surface area contributed by atoms with Crippen molar-refractivity contribution in [3.05, 3.63) is 23.8 Å². The van der Waals surface area contributed by atoms with Crippen LogP contribution in [0.2, 0.25) is 0 Å². The molecule has 6 heteroatoms. The zero-order valence-corrected chi connectivity index (χ0v) is 8.99. The molecular formula is C11H11F3O3.